The average molecular weight is 318 g/mol. The molecule has 0 unspecified atom stereocenters. The van der Waals surface area contributed by atoms with E-state index in [1.54, 1.807) is 0 Å². The second-order valence-electron chi connectivity index (χ2n) is 4.60. The van der Waals surface area contributed by atoms with Gasteiger partial charge in [0.15, 0.2) is 5.78 Å². The van der Waals surface area contributed by atoms with Crippen molar-refractivity contribution in [1.29, 1.82) is 0 Å². The third kappa shape index (κ3) is 3.67. The number of ketones is 1. The van der Waals surface area contributed by atoms with Gasteiger partial charge in [0.25, 0.3) is 0 Å². The van der Waals surface area contributed by atoms with E-state index in [1.165, 1.54) is 0 Å². The number of anilines is 1. The number of rotatable bonds is 4. The summed E-state index contributed by atoms with van der Waals surface area (Å²) in [5.74, 6) is 0.0999. The molecule has 0 aromatic heterocycles. The van der Waals surface area contributed by atoms with Gasteiger partial charge in [-0.25, -0.2) is 0 Å². The second-order valence-corrected chi connectivity index (χ2v) is 5.52. The van der Waals surface area contributed by atoms with E-state index in [1.807, 2.05) is 62.4 Å². The Morgan fingerprint density at radius 1 is 1.05 bits per heavy atom. The fourth-order valence-electron chi connectivity index (χ4n) is 1.83. The first kappa shape index (κ1) is 13.8. The number of carbonyl (C=O) groups excluding carboxylic acids is 1. The van der Waals surface area contributed by atoms with Crippen LogP contribution in [0.2, 0.25) is 0 Å². The van der Waals surface area contributed by atoms with Crippen molar-refractivity contribution in [1.82, 2.24) is 0 Å². The smallest absolute Gasteiger partial charge is 0.184 e. The van der Waals surface area contributed by atoms with Gasteiger partial charge < -0.3 is 5.32 Å². The highest BCUT2D eigenvalue weighted by Gasteiger charge is 2.14. The van der Waals surface area contributed by atoms with Crippen LogP contribution in [0.5, 0.6) is 0 Å². The third-order valence-electron chi connectivity index (χ3n) is 2.96. The molecule has 1 N–H and O–H groups in total. The average Bonchev–Trinajstić information content (AvgIpc) is 2.41. The Morgan fingerprint density at radius 3 is 2.21 bits per heavy atom. The molecule has 3 heteroatoms. The Bertz CT molecular complexity index is 560. The molecule has 0 aliphatic rings. The number of halogens is 1. The molecule has 0 heterocycles. The Labute approximate surface area is 122 Å². The van der Waals surface area contributed by atoms with Crippen molar-refractivity contribution in [2.24, 2.45) is 0 Å². The Balaban J connectivity index is 2.07. The number of hydrogen-bond donors (Lipinski definition) is 1. The van der Waals surface area contributed by atoms with Crippen LogP contribution in [0.3, 0.4) is 0 Å². The van der Waals surface area contributed by atoms with E-state index in [0.29, 0.717) is 0 Å². The van der Waals surface area contributed by atoms with Gasteiger partial charge in [0.05, 0.1) is 6.04 Å². The van der Waals surface area contributed by atoms with Crippen molar-refractivity contribution >= 4 is 27.4 Å². The zero-order chi connectivity index (χ0) is 13.8. The first-order chi connectivity index (χ1) is 9.06. The van der Waals surface area contributed by atoms with Crippen LogP contribution >= 0.6 is 15.9 Å². The minimum Gasteiger partial charge on any atom is -0.375 e. The summed E-state index contributed by atoms with van der Waals surface area (Å²) in [6.45, 7) is 3.89. The summed E-state index contributed by atoms with van der Waals surface area (Å²) in [6.07, 6.45) is 0. The van der Waals surface area contributed by atoms with E-state index in [0.717, 1.165) is 21.3 Å². The molecule has 2 aromatic carbocycles. The molecule has 2 rings (SSSR count). The molecule has 0 amide bonds. The maximum absolute atomic E-state index is 12.3. The van der Waals surface area contributed by atoms with E-state index in [2.05, 4.69) is 21.2 Å². The largest absolute Gasteiger partial charge is 0.375 e. The Kier molecular flexibility index (Phi) is 4.38. The van der Waals surface area contributed by atoms with Gasteiger partial charge in [-0.3, -0.25) is 4.79 Å². The quantitative estimate of drug-likeness (QED) is 0.844. The second kappa shape index (κ2) is 6.02. The van der Waals surface area contributed by atoms with Crippen LogP contribution in [0, 0.1) is 6.92 Å². The predicted octanol–water partition coefficient (Wildman–Crippen LogP) is 4.44. The molecule has 0 saturated heterocycles. The van der Waals surface area contributed by atoms with Crippen LogP contribution < -0.4 is 5.32 Å². The molecule has 2 nitrogen and oxygen atoms in total. The summed E-state index contributed by atoms with van der Waals surface area (Å²) < 4.78 is 1.02. The molecule has 0 saturated carbocycles. The van der Waals surface area contributed by atoms with E-state index < -0.39 is 0 Å². The summed E-state index contributed by atoms with van der Waals surface area (Å²) in [5.41, 5.74) is 2.84. The monoisotopic (exact) mass is 317 g/mol. The summed E-state index contributed by atoms with van der Waals surface area (Å²) in [5, 5.41) is 3.21. The molecule has 0 fully saturated rings. The highest BCUT2D eigenvalue weighted by Crippen LogP contribution is 2.16. The first-order valence-corrected chi connectivity index (χ1v) is 6.98. The van der Waals surface area contributed by atoms with E-state index in [9.17, 15) is 4.79 Å². The first-order valence-electron chi connectivity index (χ1n) is 6.19. The van der Waals surface area contributed by atoms with Gasteiger partial charge in [0, 0.05) is 15.7 Å². The number of Topliss-reactive ketones (excluding diaryl/α,β-unsaturated/α-hetero) is 1. The molecule has 1 atom stereocenters. The highest BCUT2D eigenvalue weighted by molar-refractivity contribution is 9.10. The molecule has 19 heavy (non-hydrogen) atoms. The van der Waals surface area contributed by atoms with Crippen molar-refractivity contribution in [3.63, 3.8) is 0 Å². The van der Waals surface area contributed by atoms with E-state index >= 15 is 0 Å². The topological polar surface area (TPSA) is 29.1 Å². The fourth-order valence-corrected chi connectivity index (χ4v) is 2.09. The minimum atomic E-state index is -0.246. The van der Waals surface area contributed by atoms with Crippen molar-refractivity contribution in [2.45, 2.75) is 19.9 Å². The van der Waals surface area contributed by atoms with Gasteiger partial charge in [0.2, 0.25) is 0 Å². The lowest BCUT2D eigenvalue weighted by Gasteiger charge is -2.14. The highest BCUT2D eigenvalue weighted by atomic mass is 79.9. The molecular weight excluding hydrogens is 302 g/mol. The van der Waals surface area contributed by atoms with Crippen molar-refractivity contribution in [2.75, 3.05) is 5.32 Å². The van der Waals surface area contributed by atoms with Gasteiger partial charge in [0.1, 0.15) is 0 Å². The van der Waals surface area contributed by atoms with E-state index in [-0.39, 0.29) is 11.8 Å². The van der Waals surface area contributed by atoms with Gasteiger partial charge in [-0.15, -0.1) is 0 Å². The Morgan fingerprint density at radius 2 is 1.63 bits per heavy atom. The number of benzene rings is 2. The fraction of sp³-hybridized carbons (Fsp3) is 0.188. The van der Waals surface area contributed by atoms with Crippen LogP contribution in [-0.2, 0) is 0 Å². The molecular formula is C16H16BrNO. The van der Waals surface area contributed by atoms with Crippen LogP contribution in [-0.4, -0.2) is 11.8 Å². The maximum atomic E-state index is 12.3. The van der Waals surface area contributed by atoms with Gasteiger partial charge in [-0.1, -0.05) is 45.8 Å². The molecule has 2 aromatic rings. The summed E-state index contributed by atoms with van der Waals surface area (Å²) >= 11 is 3.39. The van der Waals surface area contributed by atoms with Crippen molar-refractivity contribution < 1.29 is 4.79 Å². The van der Waals surface area contributed by atoms with Crippen LogP contribution in [0.15, 0.2) is 53.0 Å². The molecule has 0 aliphatic heterocycles. The lowest BCUT2D eigenvalue weighted by atomic mass is 10.0. The predicted molar refractivity (Wildman–Crippen MR) is 82.7 cm³/mol. The number of nitrogens with one attached hydrogen (secondary N) is 1. The van der Waals surface area contributed by atoms with Gasteiger partial charge in [-0.2, -0.15) is 0 Å². The zero-order valence-electron chi connectivity index (χ0n) is 11.0. The van der Waals surface area contributed by atoms with Crippen LogP contribution in [0.25, 0.3) is 0 Å². The molecule has 0 spiro atoms. The standard InChI is InChI=1S/C16H16BrNO/c1-11-3-5-13(6-4-11)16(19)12(2)18-15-9-7-14(17)8-10-15/h3-10,12,18H,1-2H3/t12-/m0/s1. The third-order valence-corrected chi connectivity index (χ3v) is 3.49. The lowest BCUT2D eigenvalue weighted by Crippen LogP contribution is -2.26. The van der Waals surface area contributed by atoms with Crippen molar-refractivity contribution in [3.05, 3.63) is 64.1 Å². The molecule has 0 aliphatic carbocycles. The zero-order valence-corrected chi connectivity index (χ0v) is 12.6. The normalized spacial score (nSPS) is 11.9. The van der Waals surface area contributed by atoms with E-state index in [4.69, 9.17) is 0 Å². The molecule has 0 bridgehead atoms. The summed E-state index contributed by atoms with van der Waals surface area (Å²) in [4.78, 5) is 12.3. The SMILES string of the molecule is Cc1ccc(C(=O)[C@H](C)Nc2ccc(Br)cc2)cc1. The lowest BCUT2D eigenvalue weighted by molar-refractivity contribution is 0.0975. The van der Waals surface area contributed by atoms with Gasteiger partial charge >= 0.3 is 0 Å². The minimum absolute atomic E-state index is 0.0999. The maximum Gasteiger partial charge on any atom is 0.184 e. The molecule has 98 valence electrons. The molecule has 0 radical (unpaired) electrons. The van der Waals surface area contributed by atoms with Crippen molar-refractivity contribution in [3.8, 4) is 0 Å². The van der Waals surface area contributed by atoms with Crippen LogP contribution in [0.4, 0.5) is 5.69 Å². The Hall–Kier alpha value is -1.61. The summed E-state index contributed by atoms with van der Waals surface area (Å²) in [7, 11) is 0. The number of hydrogen-bond acceptors (Lipinski definition) is 2. The number of carbonyl (C=O) groups is 1. The number of aryl methyl sites for hydroxylation is 1. The van der Waals surface area contributed by atoms with Gasteiger partial charge in [-0.05, 0) is 38.1 Å². The summed E-state index contributed by atoms with van der Waals surface area (Å²) in [6, 6.07) is 15.2. The van der Waals surface area contributed by atoms with Crippen LogP contribution in [0.1, 0.15) is 22.8 Å².